The molecule has 2 aliphatic heterocycles. The molecule has 3 heteroatoms. The molecule has 3 atom stereocenters. The molecule has 2 saturated heterocycles. The smallest absolute Gasteiger partial charge is 0.0239 e. The molecule has 0 radical (unpaired) electrons. The fourth-order valence-electron chi connectivity index (χ4n) is 3.15. The van der Waals surface area contributed by atoms with Gasteiger partial charge in [0.05, 0.1) is 0 Å². The van der Waals surface area contributed by atoms with E-state index in [2.05, 4.69) is 49.7 Å². The third-order valence-electron chi connectivity index (χ3n) is 4.10. The summed E-state index contributed by atoms with van der Waals surface area (Å²) < 4.78 is 0. The summed E-state index contributed by atoms with van der Waals surface area (Å²) in [6.45, 7) is 12.0. The topological polar surface area (TPSA) is 15.3 Å². The van der Waals surface area contributed by atoms with Crippen molar-refractivity contribution in [3.05, 3.63) is 0 Å². The van der Waals surface area contributed by atoms with E-state index in [1.165, 1.54) is 31.0 Å². The summed E-state index contributed by atoms with van der Waals surface area (Å²) in [6, 6.07) is 2.07. The van der Waals surface area contributed by atoms with Gasteiger partial charge in [-0.1, -0.05) is 13.8 Å². The van der Waals surface area contributed by atoms with Gasteiger partial charge in [-0.05, 0) is 31.4 Å². The molecule has 0 amide bonds. The van der Waals surface area contributed by atoms with Gasteiger partial charge in [0.25, 0.3) is 0 Å². The summed E-state index contributed by atoms with van der Waals surface area (Å²) in [6.07, 6.45) is 1.37. The summed E-state index contributed by atoms with van der Waals surface area (Å²) in [4.78, 5) is 2.73. The number of nitrogens with one attached hydrogen (secondary N) is 1. The van der Waals surface area contributed by atoms with Crippen LogP contribution in [0.15, 0.2) is 0 Å². The molecule has 2 nitrogen and oxygen atoms in total. The van der Waals surface area contributed by atoms with E-state index in [0.29, 0.717) is 17.5 Å². The van der Waals surface area contributed by atoms with E-state index in [0.717, 1.165) is 6.04 Å². The van der Waals surface area contributed by atoms with Crippen LogP contribution in [0.3, 0.4) is 0 Å². The highest BCUT2D eigenvalue weighted by atomic mass is 32.2. The first-order valence-corrected chi connectivity index (χ1v) is 7.72. The second kappa shape index (κ2) is 4.87. The van der Waals surface area contributed by atoms with Crippen molar-refractivity contribution >= 4 is 11.8 Å². The van der Waals surface area contributed by atoms with Gasteiger partial charge in [-0.2, -0.15) is 11.8 Å². The highest BCUT2D eigenvalue weighted by Crippen LogP contribution is 2.37. The second-order valence-corrected chi connectivity index (χ2v) is 7.40. The van der Waals surface area contributed by atoms with Crippen LogP contribution in [0, 0.1) is 5.41 Å². The molecular formula is C13H26N2S. The molecule has 94 valence electrons. The minimum Gasteiger partial charge on any atom is -0.309 e. The van der Waals surface area contributed by atoms with Crippen LogP contribution < -0.4 is 5.32 Å². The Labute approximate surface area is 105 Å². The van der Waals surface area contributed by atoms with E-state index >= 15 is 0 Å². The summed E-state index contributed by atoms with van der Waals surface area (Å²) in [7, 11) is 0. The van der Waals surface area contributed by atoms with E-state index in [9.17, 15) is 0 Å². The van der Waals surface area contributed by atoms with Gasteiger partial charge in [-0.3, -0.25) is 4.90 Å². The van der Waals surface area contributed by atoms with Crippen LogP contribution in [0.5, 0.6) is 0 Å². The van der Waals surface area contributed by atoms with Crippen LogP contribution in [0.4, 0.5) is 0 Å². The van der Waals surface area contributed by atoms with Crippen LogP contribution in [-0.2, 0) is 0 Å². The molecule has 2 fully saturated rings. The van der Waals surface area contributed by atoms with Crippen molar-refractivity contribution in [2.45, 2.75) is 52.2 Å². The standard InChI is InChI=1S/C13H26N2S/c1-10-7-15(8-11(2)14-10)12-9-16-6-5-13(12,3)4/h10-12,14H,5-9H2,1-4H3. The first-order chi connectivity index (χ1) is 7.49. The third kappa shape index (κ3) is 2.74. The van der Waals surface area contributed by atoms with Gasteiger partial charge in [0.1, 0.15) is 0 Å². The molecule has 3 unspecified atom stereocenters. The normalized spacial score (nSPS) is 40.9. The largest absolute Gasteiger partial charge is 0.309 e. The van der Waals surface area contributed by atoms with Crippen molar-refractivity contribution in [1.29, 1.82) is 0 Å². The van der Waals surface area contributed by atoms with E-state index < -0.39 is 0 Å². The van der Waals surface area contributed by atoms with Crippen molar-refractivity contribution in [3.8, 4) is 0 Å². The molecule has 1 N–H and O–H groups in total. The lowest BCUT2D eigenvalue weighted by Gasteiger charge is -2.49. The lowest BCUT2D eigenvalue weighted by molar-refractivity contribution is 0.0581. The number of hydrogen-bond donors (Lipinski definition) is 1. The molecule has 2 aliphatic rings. The highest BCUT2D eigenvalue weighted by Gasteiger charge is 2.38. The van der Waals surface area contributed by atoms with Gasteiger partial charge in [0, 0.05) is 37.0 Å². The number of hydrogen-bond acceptors (Lipinski definition) is 3. The summed E-state index contributed by atoms with van der Waals surface area (Å²) in [5, 5.41) is 3.63. The Balaban J connectivity index is 2.04. The van der Waals surface area contributed by atoms with Crippen molar-refractivity contribution in [2.75, 3.05) is 24.6 Å². The maximum atomic E-state index is 3.63. The maximum absolute atomic E-state index is 3.63. The Bertz CT molecular complexity index is 232. The van der Waals surface area contributed by atoms with E-state index in [-0.39, 0.29) is 0 Å². The molecular weight excluding hydrogens is 216 g/mol. The zero-order valence-corrected chi connectivity index (χ0v) is 11.9. The van der Waals surface area contributed by atoms with Crippen LogP contribution in [0.1, 0.15) is 34.1 Å². The lowest BCUT2D eigenvalue weighted by atomic mass is 9.80. The molecule has 0 bridgehead atoms. The maximum Gasteiger partial charge on any atom is 0.0239 e. The van der Waals surface area contributed by atoms with Gasteiger partial charge in [0.2, 0.25) is 0 Å². The molecule has 0 aromatic rings. The SMILES string of the molecule is CC1CN(C2CSCCC2(C)C)CC(C)N1. The highest BCUT2D eigenvalue weighted by molar-refractivity contribution is 7.99. The molecule has 0 saturated carbocycles. The molecule has 2 heterocycles. The first kappa shape index (κ1) is 12.7. The third-order valence-corrected chi connectivity index (χ3v) is 5.14. The van der Waals surface area contributed by atoms with Crippen molar-refractivity contribution in [1.82, 2.24) is 10.2 Å². The monoisotopic (exact) mass is 242 g/mol. The van der Waals surface area contributed by atoms with Crippen LogP contribution in [-0.4, -0.2) is 47.6 Å². The molecule has 0 aromatic heterocycles. The van der Waals surface area contributed by atoms with Gasteiger partial charge in [-0.25, -0.2) is 0 Å². The van der Waals surface area contributed by atoms with Gasteiger partial charge < -0.3 is 5.32 Å². The minimum absolute atomic E-state index is 0.502. The number of nitrogens with zero attached hydrogens (tertiary/aromatic N) is 1. The molecule has 2 rings (SSSR count). The summed E-state index contributed by atoms with van der Waals surface area (Å²) in [5.41, 5.74) is 0.502. The van der Waals surface area contributed by atoms with Gasteiger partial charge in [0.15, 0.2) is 0 Å². The molecule has 0 aromatic carbocycles. The predicted octanol–water partition coefficient (Wildman–Crippen LogP) is 2.20. The first-order valence-electron chi connectivity index (χ1n) is 6.57. The van der Waals surface area contributed by atoms with Gasteiger partial charge >= 0.3 is 0 Å². The Morgan fingerprint density at radius 3 is 2.38 bits per heavy atom. The number of piperazine rings is 1. The second-order valence-electron chi connectivity index (χ2n) is 6.25. The molecule has 0 aliphatic carbocycles. The predicted molar refractivity (Wildman–Crippen MR) is 73.1 cm³/mol. The van der Waals surface area contributed by atoms with Crippen molar-refractivity contribution in [2.24, 2.45) is 5.41 Å². The quantitative estimate of drug-likeness (QED) is 0.759. The fraction of sp³-hybridized carbons (Fsp3) is 1.00. The lowest BCUT2D eigenvalue weighted by Crippen LogP contribution is -2.61. The molecule has 16 heavy (non-hydrogen) atoms. The van der Waals surface area contributed by atoms with Crippen LogP contribution in [0.25, 0.3) is 0 Å². The Morgan fingerprint density at radius 2 is 1.81 bits per heavy atom. The average Bonchev–Trinajstić information content (AvgIpc) is 2.15. The Hall–Kier alpha value is 0.270. The van der Waals surface area contributed by atoms with Crippen molar-refractivity contribution in [3.63, 3.8) is 0 Å². The average molecular weight is 242 g/mol. The molecule has 0 spiro atoms. The van der Waals surface area contributed by atoms with E-state index in [1.54, 1.807) is 0 Å². The van der Waals surface area contributed by atoms with Crippen molar-refractivity contribution < 1.29 is 0 Å². The number of rotatable bonds is 1. The minimum atomic E-state index is 0.502. The van der Waals surface area contributed by atoms with E-state index in [1.807, 2.05) is 0 Å². The van der Waals surface area contributed by atoms with E-state index in [4.69, 9.17) is 0 Å². The fourth-order valence-corrected chi connectivity index (χ4v) is 4.87. The Kier molecular flexibility index (Phi) is 3.87. The zero-order chi connectivity index (χ0) is 11.8. The van der Waals surface area contributed by atoms with Gasteiger partial charge in [-0.15, -0.1) is 0 Å². The Morgan fingerprint density at radius 1 is 1.19 bits per heavy atom. The van der Waals surface area contributed by atoms with Crippen LogP contribution >= 0.6 is 11.8 Å². The zero-order valence-electron chi connectivity index (χ0n) is 11.1. The van der Waals surface area contributed by atoms with Crippen LogP contribution in [0.2, 0.25) is 0 Å². The number of thioether (sulfide) groups is 1. The summed E-state index contributed by atoms with van der Waals surface area (Å²) >= 11 is 2.14. The summed E-state index contributed by atoms with van der Waals surface area (Å²) in [5.74, 6) is 2.67.